The van der Waals surface area contributed by atoms with Gasteiger partial charge in [0.25, 0.3) is 5.91 Å². The Kier molecular flexibility index (Phi) is 6.63. The van der Waals surface area contributed by atoms with Crippen LogP contribution >= 0.6 is 0 Å². The molecule has 0 radical (unpaired) electrons. The van der Waals surface area contributed by atoms with Crippen molar-refractivity contribution in [1.29, 1.82) is 0 Å². The maximum absolute atomic E-state index is 12.9. The van der Waals surface area contributed by atoms with E-state index in [1.54, 1.807) is 28.0 Å². The molecular weight excluding hydrogens is 401 g/mol. The zero-order chi connectivity index (χ0) is 21.7. The lowest BCUT2D eigenvalue weighted by atomic mass is 10.1. The molecule has 30 heavy (non-hydrogen) atoms. The van der Waals surface area contributed by atoms with Crippen LogP contribution in [-0.2, 0) is 6.18 Å². The maximum atomic E-state index is 12.9. The maximum Gasteiger partial charge on any atom is 0.433 e. The predicted molar refractivity (Wildman–Crippen MR) is 104 cm³/mol. The summed E-state index contributed by atoms with van der Waals surface area (Å²) >= 11 is 0. The van der Waals surface area contributed by atoms with E-state index in [9.17, 15) is 18.0 Å². The third kappa shape index (κ3) is 4.92. The summed E-state index contributed by atoms with van der Waals surface area (Å²) in [6.07, 6.45) is -3.62. The highest BCUT2D eigenvalue weighted by molar-refractivity contribution is 5.95. The second-order valence-electron chi connectivity index (χ2n) is 6.57. The fraction of sp³-hybridized carbons (Fsp3) is 0.450. The van der Waals surface area contributed by atoms with Crippen molar-refractivity contribution in [3.8, 4) is 11.5 Å². The molecule has 0 unspecified atom stereocenters. The topological polar surface area (TPSA) is 67.8 Å². The van der Waals surface area contributed by atoms with Gasteiger partial charge in [-0.3, -0.25) is 4.79 Å². The molecule has 3 rings (SSSR count). The lowest BCUT2D eigenvalue weighted by molar-refractivity contribution is -0.141. The third-order valence-corrected chi connectivity index (χ3v) is 4.62. The molecule has 1 aromatic carbocycles. The van der Waals surface area contributed by atoms with Gasteiger partial charge in [-0.15, -0.1) is 0 Å². The molecule has 0 spiro atoms. The first-order valence-corrected chi connectivity index (χ1v) is 9.66. The minimum Gasteiger partial charge on any atom is -0.490 e. The number of piperazine rings is 1. The van der Waals surface area contributed by atoms with Crippen LogP contribution in [0.15, 0.2) is 30.6 Å². The van der Waals surface area contributed by atoms with E-state index < -0.39 is 11.9 Å². The van der Waals surface area contributed by atoms with Gasteiger partial charge in [0.2, 0.25) is 0 Å². The van der Waals surface area contributed by atoms with E-state index in [4.69, 9.17) is 9.47 Å². The van der Waals surface area contributed by atoms with Crippen molar-refractivity contribution in [2.24, 2.45) is 0 Å². The zero-order valence-electron chi connectivity index (χ0n) is 16.8. The van der Waals surface area contributed by atoms with E-state index in [1.807, 2.05) is 13.8 Å². The van der Waals surface area contributed by atoms with Crippen LogP contribution < -0.4 is 14.4 Å². The van der Waals surface area contributed by atoms with Crippen molar-refractivity contribution in [3.05, 3.63) is 41.9 Å². The van der Waals surface area contributed by atoms with Gasteiger partial charge in [0, 0.05) is 37.8 Å². The molecule has 0 bridgehead atoms. The van der Waals surface area contributed by atoms with Gasteiger partial charge in [-0.05, 0) is 32.0 Å². The fourth-order valence-electron chi connectivity index (χ4n) is 3.18. The van der Waals surface area contributed by atoms with Crippen LogP contribution in [0.4, 0.5) is 19.0 Å². The Labute approximate surface area is 172 Å². The van der Waals surface area contributed by atoms with Crippen LogP contribution in [-0.4, -0.2) is 60.2 Å². The molecule has 2 heterocycles. The number of hydrogen-bond acceptors (Lipinski definition) is 6. The summed E-state index contributed by atoms with van der Waals surface area (Å²) in [5, 5.41) is 0. The molecule has 1 fully saturated rings. The minimum absolute atomic E-state index is 0.169. The number of amides is 1. The Balaban J connectivity index is 1.68. The average molecular weight is 424 g/mol. The standard InChI is InChI=1S/C20H23F3N4O3/c1-3-29-15-6-5-14(11-16(15)30-4-2)19(28)27-9-7-26(8-10-27)18-12-17(20(21,22)23)24-13-25-18/h5-6,11-13H,3-4,7-10H2,1-2H3. The molecule has 1 aromatic heterocycles. The molecule has 0 N–H and O–H groups in total. The lowest BCUT2D eigenvalue weighted by Gasteiger charge is -2.35. The van der Waals surface area contributed by atoms with Crippen LogP contribution in [0.3, 0.4) is 0 Å². The highest BCUT2D eigenvalue weighted by Crippen LogP contribution is 2.30. The van der Waals surface area contributed by atoms with Gasteiger partial charge >= 0.3 is 6.18 Å². The number of benzene rings is 1. The molecule has 2 aromatic rings. The van der Waals surface area contributed by atoms with Gasteiger partial charge in [-0.2, -0.15) is 13.2 Å². The number of aromatic nitrogens is 2. The van der Waals surface area contributed by atoms with Gasteiger partial charge < -0.3 is 19.3 Å². The van der Waals surface area contributed by atoms with Crippen molar-refractivity contribution in [3.63, 3.8) is 0 Å². The van der Waals surface area contributed by atoms with E-state index in [0.29, 0.717) is 56.5 Å². The summed E-state index contributed by atoms with van der Waals surface area (Å²) in [5.41, 5.74) is -0.513. The Bertz CT molecular complexity index is 884. The zero-order valence-corrected chi connectivity index (χ0v) is 16.8. The molecule has 162 valence electrons. The van der Waals surface area contributed by atoms with Crippen LogP contribution in [0.2, 0.25) is 0 Å². The van der Waals surface area contributed by atoms with Crippen molar-refractivity contribution in [2.75, 3.05) is 44.3 Å². The number of nitrogens with zero attached hydrogens (tertiary/aromatic N) is 4. The smallest absolute Gasteiger partial charge is 0.433 e. The molecule has 0 saturated carbocycles. The third-order valence-electron chi connectivity index (χ3n) is 4.62. The van der Waals surface area contributed by atoms with Crippen molar-refractivity contribution < 1.29 is 27.4 Å². The first-order chi connectivity index (χ1) is 14.3. The largest absolute Gasteiger partial charge is 0.490 e. The SMILES string of the molecule is CCOc1ccc(C(=O)N2CCN(c3cc(C(F)(F)F)ncn3)CC2)cc1OCC. The quantitative estimate of drug-likeness (QED) is 0.709. The van der Waals surface area contributed by atoms with E-state index in [1.165, 1.54) is 0 Å². The van der Waals surface area contributed by atoms with Crippen molar-refractivity contribution in [1.82, 2.24) is 14.9 Å². The van der Waals surface area contributed by atoms with Crippen LogP contribution in [0, 0.1) is 0 Å². The Morgan fingerprint density at radius 3 is 2.30 bits per heavy atom. The predicted octanol–water partition coefficient (Wildman–Crippen LogP) is 3.26. The summed E-state index contributed by atoms with van der Waals surface area (Å²) < 4.78 is 49.7. The molecule has 1 aliphatic rings. The van der Waals surface area contributed by atoms with Gasteiger partial charge in [0.15, 0.2) is 11.5 Å². The van der Waals surface area contributed by atoms with E-state index >= 15 is 0 Å². The van der Waals surface area contributed by atoms with Crippen molar-refractivity contribution in [2.45, 2.75) is 20.0 Å². The Hall–Kier alpha value is -3.04. The molecule has 7 nitrogen and oxygen atoms in total. The second kappa shape index (κ2) is 9.19. The first-order valence-electron chi connectivity index (χ1n) is 9.66. The van der Waals surface area contributed by atoms with Gasteiger partial charge in [0.1, 0.15) is 17.8 Å². The molecule has 1 saturated heterocycles. The second-order valence-corrected chi connectivity index (χ2v) is 6.57. The summed E-state index contributed by atoms with van der Waals surface area (Å²) in [7, 11) is 0. The van der Waals surface area contributed by atoms with Crippen LogP contribution in [0.1, 0.15) is 29.9 Å². The molecule has 10 heteroatoms. The van der Waals surface area contributed by atoms with Gasteiger partial charge in [-0.25, -0.2) is 9.97 Å². The normalized spacial score (nSPS) is 14.6. The average Bonchev–Trinajstić information content (AvgIpc) is 2.74. The first kappa shape index (κ1) is 21.7. The van der Waals surface area contributed by atoms with E-state index in [-0.39, 0.29) is 11.7 Å². The van der Waals surface area contributed by atoms with Crippen LogP contribution in [0.5, 0.6) is 11.5 Å². The number of hydrogen-bond donors (Lipinski definition) is 0. The number of carbonyl (C=O) groups excluding carboxylic acids is 1. The molecule has 1 amide bonds. The summed E-state index contributed by atoms with van der Waals surface area (Å²) in [5.74, 6) is 1.11. The summed E-state index contributed by atoms with van der Waals surface area (Å²) in [4.78, 5) is 23.5. The summed E-state index contributed by atoms with van der Waals surface area (Å²) in [6.45, 7) is 6.10. The Morgan fingerprint density at radius 1 is 1.00 bits per heavy atom. The lowest BCUT2D eigenvalue weighted by Crippen LogP contribution is -2.49. The number of alkyl halides is 3. The summed E-state index contributed by atoms with van der Waals surface area (Å²) in [6, 6.07) is 5.97. The van der Waals surface area contributed by atoms with Gasteiger partial charge in [0.05, 0.1) is 13.2 Å². The minimum atomic E-state index is -4.53. The Morgan fingerprint density at radius 2 is 1.67 bits per heavy atom. The molecule has 0 aliphatic carbocycles. The molecule has 0 atom stereocenters. The number of anilines is 1. The van der Waals surface area contributed by atoms with Gasteiger partial charge in [-0.1, -0.05) is 0 Å². The highest BCUT2D eigenvalue weighted by atomic mass is 19.4. The van der Waals surface area contributed by atoms with E-state index in [2.05, 4.69) is 9.97 Å². The number of carbonyl (C=O) groups is 1. The van der Waals surface area contributed by atoms with E-state index in [0.717, 1.165) is 12.4 Å². The number of halogens is 3. The van der Waals surface area contributed by atoms with Crippen molar-refractivity contribution >= 4 is 11.7 Å². The highest BCUT2D eigenvalue weighted by Gasteiger charge is 2.33. The molecule has 1 aliphatic heterocycles. The number of rotatable bonds is 6. The van der Waals surface area contributed by atoms with Crippen LogP contribution in [0.25, 0.3) is 0 Å². The number of ether oxygens (including phenoxy) is 2. The monoisotopic (exact) mass is 424 g/mol. The fourth-order valence-corrected chi connectivity index (χ4v) is 3.18. The molecular formula is C20H23F3N4O3.